The van der Waals surface area contributed by atoms with E-state index in [1.807, 2.05) is 67.8 Å². The van der Waals surface area contributed by atoms with Gasteiger partial charge in [0.2, 0.25) is 0 Å². The van der Waals surface area contributed by atoms with E-state index >= 15 is 4.39 Å². The molecular formula is C38H31F3N4O2. The minimum absolute atomic E-state index is 0.259. The molecule has 0 atom stereocenters. The van der Waals surface area contributed by atoms with Gasteiger partial charge in [-0.2, -0.15) is 5.10 Å². The van der Waals surface area contributed by atoms with E-state index in [4.69, 9.17) is 9.47 Å². The Bertz CT molecular complexity index is 2280. The van der Waals surface area contributed by atoms with Crippen molar-refractivity contribution in [3.05, 3.63) is 125 Å². The molecule has 0 unspecified atom stereocenters. The molecule has 0 aliphatic rings. The highest BCUT2D eigenvalue weighted by molar-refractivity contribution is 6.09. The first kappa shape index (κ1) is 30.1. The molecule has 0 spiro atoms. The average molecular weight is 633 g/mol. The van der Waals surface area contributed by atoms with Crippen molar-refractivity contribution in [2.75, 3.05) is 7.11 Å². The maximum atomic E-state index is 15.0. The zero-order valence-corrected chi connectivity index (χ0v) is 26.3. The molecule has 0 N–H and O–H groups in total. The van der Waals surface area contributed by atoms with E-state index in [1.165, 1.54) is 16.8 Å². The number of halogens is 3. The highest BCUT2D eigenvalue weighted by atomic mass is 19.1. The molecule has 0 aliphatic heterocycles. The summed E-state index contributed by atoms with van der Waals surface area (Å²) in [6.45, 7) is 4.07. The van der Waals surface area contributed by atoms with Crippen LogP contribution in [0.1, 0.15) is 27.8 Å². The monoisotopic (exact) mass is 632 g/mol. The molecule has 0 aliphatic carbocycles. The van der Waals surface area contributed by atoms with E-state index in [1.54, 1.807) is 37.8 Å². The number of para-hydroxylation sites is 1. The molecule has 7 aromatic rings. The molecule has 0 fully saturated rings. The number of hydrogen-bond donors (Lipinski definition) is 0. The average Bonchev–Trinajstić information content (AvgIpc) is 3.70. The van der Waals surface area contributed by atoms with E-state index in [-0.39, 0.29) is 5.75 Å². The van der Waals surface area contributed by atoms with E-state index in [0.29, 0.717) is 45.3 Å². The Labute approximate surface area is 269 Å². The smallest absolute Gasteiger partial charge is 0.141 e. The zero-order valence-electron chi connectivity index (χ0n) is 26.3. The summed E-state index contributed by atoms with van der Waals surface area (Å²) in [6.07, 6.45) is 4.90. The van der Waals surface area contributed by atoms with Crippen LogP contribution in [0.4, 0.5) is 13.2 Å². The van der Waals surface area contributed by atoms with Crippen molar-refractivity contribution in [1.29, 1.82) is 0 Å². The molecule has 9 heteroatoms. The zero-order chi connectivity index (χ0) is 32.8. The van der Waals surface area contributed by atoms with Crippen LogP contribution < -0.4 is 9.47 Å². The number of alkyl halides is 2. The Balaban J connectivity index is 1.28. The summed E-state index contributed by atoms with van der Waals surface area (Å²) >= 11 is 0. The van der Waals surface area contributed by atoms with Crippen LogP contribution in [-0.4, -0.2) is 26.4 Å². The molecule has 3 aromatic heterocycles. The van der Waals surface area contributed by atoms with Gasteiger partial charge >= 0.3 is 0 Å². The van der Waals surface area contributed by atoms with Crippen LogP contribution in [0.3, 0.4) is 0 Å². The number of fused-ring (bicyclic) bond motifs is 3. The predicted molar refractivity (Wildman–Crippen MR) is 178 cm³/mol. The molecule has 4 aromatic carbocycles. The van der Waals surface area contributed by atoms with Gasteiger partial charge in [0.05, 0.1) is 30.0 Å². The number of nitrogens with zero attached hydrogens (tertiary/aromatic N) is 4. The summed E-state index contributed by atoms with van der Waals surface area (Å²) in [4.78, 5) is 4.60. The van der Waals surface area contributed by atoms with Crippen molar-refractivity contribution in [3.8, 4) is 39.9 Å². The molecule has 0 saturated carbocycles. The predicted octanol–water partition coefficient (Wildman–Crippen LogP) is 9.84. The quantitative estimate of drug-likeness (QED) is 0.167. The van der Waals surface area contributed by atoms with Crippen LogP contribution in [0.2, 0.25) is 0 Å². The molecule has 0 radical (unpaired) electrons. The largest absolute Gasteiger partial charge is 0.497 e. The fourth-order valence-corrected chi connectivity index (χ4v) is 6.35. The maximum absolute atomic E-state index is 15.0. The number of methoxy groups -OCH3 is 1. The van der Waals surface area contributed by atoms with Gasteiger partial charge in [-0.1, -0.05) is 18.2 Å². The first-order chi connectivity index (χ1) is 22.8. The van der Waals surface area contributed by atoms with Gasteiger partial charge < -0.3 is 9.47 Å². The molecular weight excluding hydrogens is 601 g/mol. The van der Waals surface area contributed by atoms with E-state index < -0.39 is 19.2 Å². The van der Waals surface area contributed by atoms with Crippen molar-refractivity contribution in [3.63, 3.8) is 0 Å². The van der Waals surface area contributed by atoms with Crippen molar-refractivity contribution < 1.29 is 22.6 Å². The van der Waals surface area contributed by atoms with Crippen molar-refractivity contribution >= 4 is 21.8 Å². The summed E-state index contributed by atoms with van der Waals surface area (Å²) in [5.41, 5.74) is 6.55. The Morgan fingerprint density at radius 3 is 2.23 bits per heavy atom. The number of pyridine rings is 1. The third-order valence-corrected chi connectivity index (χ3v) is 8.96. The van der Waals surface area contributed by atoms with E-state index in [0.717, 1.165) is 38.5 Å². The summed E-state index contributed by atoms with van der Waals surface area (Å²) in [5, 5.41) is 6.49. The third-order valence-electron chi connectivity index (χ3n) is 8.96. The lowest BCUT2D eigenvalue weighted by molar-refractivity contribution is 0.414. The Morgan fingerprint density at radius 2 is 1.49 bits per heavy atom. The first-order valence-corrected chi connectivity index (χ1v) is 15.1. The SMILES string of the molecule is COc1ccnc(-n2c3ccccc3c3ccc(Oc4cc(F)cc(-n5cc(-c6c(CF)c(C)c(C)c(C)c6CF)cn5)c4)cc32)c1. The minimum Gasteiger partial charge on any atom is -0.497 e. The molecule has 0 bridgehead atoms. The van der Waals surface area contributed by atoms with Gasteiger partial charge in [0.1, 0.15) is 42.2 Å². The number of aromatic nitrogens is 4. The molecule has 236 valence electrons. The molecule has 0 amide bonds. The maximum Gasteiger partial charge on any atom is 0.141 e. The van der Waals surface area contributed by atoms with Gasteiger partial charge in [-0.05, 0) is 84.5 Å². The fourth-order valence-electron chi connectivity index (χ4n) is 6.35. The summed E-state index contributed by atoms with van der Waals surface area (Å²) in [5.74, 6) is 1.58. The second kappa shape index (κ2) is 12.0. The number of ether oxygens (including phenoxy) is 2. The Hall–Kier alpha value is -5.57. The highest BCUT2D eigenvalue weighted by Gasteiger charge is 2.21. The van der Waals surface area contributed by atoms with Gasteiger partial charge in [-0.3, -0.25) is 4.57 Å². The van der Waals surface area contributed by atoms with Crippen molar-refractivity contribution in [1.82, 2.24) is 19.3 Å². The summed E-state index contributed by atoms with van der Waals surface area (Å²) in [7, 11) is 1.61. The molecule has 47 heavy (non-hydrogen) atoms. The van der Waals surface area contributed by atoms with Crippen molar-refractivity contribution in [2.24, 2.45) is 0 Å². The Kier molecular flexibility index (Phi) is 7.67. The minimum atomic E-state index is -0.740. The van der Waals surface area contributed by atoms with Gasteiger partial charge in [0, 0.05) is 53.0 Å². The number of benzene rings is 4. The molecule has 0 saturated heterocycles. The van der Waals surface area contributed by atoms with Crippen LogP contribution in [0.5, 0.6) is 17.2 Å². The van der Waals surface area contributed by atoms with Gasteiger partial charge in [0.15, 0.2) is 0 Å². The lowest BCUT2D eigenvalue weighted by Gasteiger charge is -2.19. The Morgan fingerprint density at radius 1 is 0.745 bits per heavy atom. The van der Waals surface area contributed by atoms with Gasteiger partial charge in [-0.15, -0.1) is 0 Å². The lowest BCUT2D eigenvalue weighted by atomic mass is 9.87. The van der Waals surface area contributed by atoms with E-state index in [2.05, 4.69) is 16.1 Å². The number of hydrogen-bond acceptors (Lipinski definition) is 4. The lowest BCUT2D eigenvalue weighted by Crippen LogP contribution is -2.03. The van der Waals surface area contributed by atoms with Crippen LogP contribution >= 0.6 is 0 Å². The molecule has 7 rings (SSSR count). The van der Waals surface area contributed by atoms with Crippen molar-refractivity contribution in [2.45, 2.75) is 34.1 Å². The molecule has 6 nitrogen and oxygen atoms in total. The second-order valence-corrected chi connectivity index (χ2v) is 11.5. The van der Waals surface area contributed by atoms with E-state index in [9.17, 15) is 8.78 Å². The van der Waals surface area contributed by atoms with Gasteiger partial charge in [-0.25, -0.2) is 22.8 Å². The standard InChI is InChI=1S/C38H31F3N4O2/c1-22-23(2)33(18-39)38(34(19-40)24(22)3)25-20-43-44(21-25)27-13-26(41)14-30(15-27)47-29-9-10-32-31-7-5-6-8-35(31)45(36(32)16-29)37-17-28(46-4)11-12-42-37/h5-17,20-21H,18-19H2,1-4H3. The topological polar surface area (TPSA) is 54.1 Å². The fraction of sp³-hybridized carbons (Fsp3) is 0.158. The first-order valence-electron chi connectivity index (χ1n) is 15.1. The van der Waals surface area contributed by atoms with Crippen LogP contribution in [0.15, 0.2) is 91.4 Å². The highest BCUT2D eigenvalue weighted by Crippen LogP contribution is 2.38. The summed E-state index contributed by atoms with van der Waals surface area (Å²) < 4.78 is 58.8. The third kappa shape index (κ3) is 5.17. The molecule has 3 heterocycles. The number of rotatable bonds is 8. The van der Waals surface area contributed by atoms with Crippen LogP contribution in [0, 0.1) is 26.6 Å². The normalized spacial score (nSPS) is 11.5. The second-order valence-electron chi connectivity index (χ2n) is 11.5. The summed E-state index contributed by atoms with van der Waals surface area (Å²) in [6, 6.07) is 21.7. The van der Waals surface area contributed by atoms with Gasteiger partial charge in [0.25, 0.3) is 0 Å². The van der Waals surface area contributed by atoms with Crippen LogP contribution in [0.25, 0.3) is 44.4 Å². The van der Waals surface area contributed by atoms with Crippen LogP contribution in [-0.2, 0) is 13.3 Å².